The Balaban J connectivity index is 2.57. The van der Waals surface area contributed by atoms with Gasteiger partial charge in [0.15, 0.2) is 0 Å². The SMILES string of the molecule is CC(c1ccc(Cl)cc1Cl)C(O)(c1nccs1)C(F)(F)F. The van der Waals surface area contributed by atoms with Gasteiger partial charge in [-0.25, -0.2) is 4.98 Å². The lowest BCUT2D eigenvalue weighted by Crippen LogP contribution is -2.46. The van der Waals surface area contributed by atoms with Gasteiger partial charge in [-0.2, -0.15) is 13.2 Å². The Morgan fingerprint density at radius 2 is 1.95 bits per heavy atom. The normalized spacial score (nSPS) is 16.5. The second kappa shape index (κ2) is 5.76. The van der Waals surface area contributed by atoms with Crippen molar-refractivity contribution in [3.8, 4) is 0 Å². The van der Waals surface area contributed by atoms with Crippen LogP contribution < -0.4 is 0 Å². The van der Waals surface area contributed by atoms with E-state index in [1.54, 1.807) is 0 Å². The summed E-state index contributed by atoms with van der Waals surface area (Å²) in [5, 5.41) is 11.7. The van der Waals surface area contributed by atoms with Crippen LogP contribution in [0.3, 0.4) is 0 Å². The van der Waals surface area contributed by atoms with Crippen LogP contribution in [0.2, 0.25) is 10.0 Å². The molecular weight excluding hydrogens is 346 g/mol. The molecule has 0 fully saturated rings. The Hall–Kier alpha value is -0.820. The first-order chi connectivity index (χ1) is 9.68. The molecule has 1 heterocycles. The Labute approximate surface area is 133 Å². The van der Waals surface area contributed by atoms with Crippen LogP contribution in [0.5, 0.6) is 0 Å². The molecule has 2 nitrogen and oxygen atoms in total. The predicted octanol–water partition coefficient (Wildman–Crippen LogP) is 5.00. The summed E-state index contributed by atoms with van der Waals surface area (Å²) >= 11 is 12.4. The van der Waals surface area contributed by atoms with Gasteiger partial charge in [-0.1, -0.05) is 36.2 Å². The zero-order valence-corrected chi connectivity index (χ0v) is 13.0. The average molecular weight is 356 g/mol. The van der Waals surface area contributed by atoms with Crippen LogP contribution in [0.15, 0.2) is 29.8 Å². The number of benzene rings is 1. The zero-order chi connectivity index (χ0) is 15.8. The van der Waals surface area contributed by atoms with Gasteiger partial charge in [0, 0.05) is 27.5 Å². The summed E-state index contributed by atoms with van der Waals surface area (Å²) in [5.74, 6) is -1.34. The molecule has 0 aliphatic heterocycles. The summed E-state index contributed by atoms with van der Waals surface area (Å²) in [6.07, 6.45) is -3.68. The monoisotopic (exact) mass is 355 g/mol. The molecule has 0 saturated heterocycles. The van der Waals surface area contributed by atoms with Crippen LogP contribution in [-0.4, -0.2) is 16.3 Å². The third-order valence-corrected chi connectivity index (χ3v) is 4.71. The van der Waals surface area contributed by atoms with E-state index in [9.17, 15) is 18.3 Å². The molecule has 0 aliphatic rings. The van der Waals surface area contributed by atoms with Crippen LogP contribution in [0.4, 0.5) is 13.2 Å². The molecule has 21 heavy (non-hydrogen) atoms. The van der Waals surface area contributed by atoms with E-state index in [2.05, 4.69) is 4.98 Å². The van der Waals surface area contributed by atoms with Gasteiger partial charge in [0.05, 0.1) is 0 Å². The highest BCUT2D eigenvalue weighted by molar-refractivity contribution is 7.09. The Morgan fingerprint density at radius 1 is 1.29 bits per heavy atom. The van der Waals surface area contributed by atoms with Crippen LogP contribution in [0, 0.1) is 0 Å². The fraction of sp³-hybridized carbons (Fsp3) is 0.308. The molecule has 0 spiro atoms. The van der Waals surface area contributed by atoms with Gasteiger partial charge in [-0.3, -0.25) is 0 Å². The fourth-order valence-corrected chi connectivity index (χ4v) is 3.46. The molecule has 0 amide bonds. The van der Waals surface area contributed by atoms with E-state index >= 15 is 0 Å². The number of rotatable bonds is 3. The van der Waals surface area contributed by atoms with Crippen molar-refractivity contribution < 1.29 is 18.3 Å². The molecule has 1 aromatic carbocycles. The van der Waals surface area contributed by atoms with Gasteiger partial charge < -0.3 is 5.11 Å². The molecule has 0 bridgehead atoms. The van der Waals surface area contributed by atoms with Crippen molar-refractivity contribution in [3.63, 3.8) is 0 Å². The standard InChI is InChI=1S/C13H10Cl2F3NOS/c1-7(9-3-2-8(14)6-10(9)15)12(20,13(16,17)18)11-19-4-5-21-11/h2-7,20H,1H3. The van der Waals surface area contributed by atoms with Gasteiger partial charge in [0.2, 0.25) is 5.60 Å². The highest BCUT2D eigenvalue weighted by Gasteiger charge is 2.60. The quantitative estimate of drug-likeness (QED) is 0.839. The van der Waals surface area contributed by atoms with Crippen LogP contribution in [0.25, 0.3) is 0 Å². The maximum absolute atomic E-state index is 13.5. The number of nitrogens with zero attached hydrogens (tertiary/aromatic N) is 1. The topological polar surface area (TPSA) is 33.1 Å². The molecule has 2 aromatic rings. The van der Waals surface area contributed by atoms with E-state index in [4.69, 9.17) is 23.2 Å². The van der Waals surface area contributed by atoms with E-state index in [0.29, 0.717) is 5.02 Å². The van der Waals surface area contributed by atoms with E-state index in [1.807, 2.05) is 0 Å². The summed E-state index contributed by atoms with van der Waals surface area (Å²) in [6.45, 7) is 1.25. The second-order valence-electron chi connectivity index (χ2n) is 4.49. The van der Waals surface area contributed by atoms with Gasteiger partial charge >= 0.3 is 6.18 Å². The fourth-order valence-electron chi connectivity index (χ4n) is 2.04. The van der Waals surface area contributed by atoms with Crippen molar-refractivity contribution in [2.75, 3.05) is 0 Å². The van der Waals surface area contributed by atoms with Gasteiger partial charge in [0.1, 0.15) is 5.01 Å². The van der Waals surface area contributed by atoms with E-state index in [1.165, 1.54) is 36.7 Å². The van der Waals surface area contributed by atoms with Gasteiger partial charge in [-0.05, 0) is 17.7 Å². The molecule has 1 aromatic heterocycles. The molecule has 114 valence electrons. The predicted molar refractivity (Wildman–Crippen MR) is 76.9 cm³/mol. The van der Waals surface area contributed by atoms with E-state index < -0.39 is 22.7 Å². The number of alkyl halides is 3. The summed E-state index contributed by atoms with van der Waals surface area (Å²) in [5.41, 5.74) is -2.96. The minimum atomic E-state index is -4.90. The number of aromatic nitrogens is 1. The molecule has 2 atom stereocenters. The first kappa shape index (κ1) is 16.5. The van der Waals surface area contributed by atoms with Crippen molar-refractivity contribution in [1.82, 2.24) is 4.98 Å². The molecule has 2 unspecified atom stereocenters. The number of hydrogen-bond acceptors (Lipinski definition) is 3. The van der Waals surface area contributed by atoms with Crippen molar-refractivity contribution in [2.45, 2.75) is 24.6 Å². The largest absolute Gasteiger partial charge is 0.424 e. The number of hydrogen-bond donors (Lipinski definition) is 1. The number of aliphatic hydroxyl groups is 1. The lowest BCUT2D eigenvalue weighted by Gasteiger charge is -2.34. The van der Waals surface area contributed by atoms with Crippen molar-refractivity contribution in [1.29, 1.82) is 0 Å². The molecular formula is C13H10Cl2F3NOS. The van der Waals surface area contributed by atoms with E-state index in [0.717, 1.165) is 11.3 Å². The van der Waals surface area contributed by atoms with Gasteiger partial charge in [-0.15, -0.1) is 11.3 Å². The Morgan fingerprint density at radius 3 is 2.43 bits per heavy atom. The molecule has 0 saturated carbocycles. The Kier molecular flexibility index (Phi) is 4.54. The minimum Gasteiger partial charge on any atom is -0.374 e. The third kappa shape index (κ3) is 2.90. The minimum absolute atomic E-state index is 0.0641. The molecule has 0 aliphatic carbocycles. The molecule has 0 radical (unpaired) electrons. The van der Waals surface area contributed by atoms with Crippen LogP contribution in [-0.2, 0) is 5.60 Å². The van der Waals surface area contributed by atoms with Crippen LogP contribution in [0.1, 0.15) is 23.4 Å². The smallest absolute Gasteiger partial charge is 0.374 e. The molecule has 1 N–H and O–H groups in total. The zero-order valence-electron chi connectivity index (χ0n) is 10.7. The molecule has 2 rings (SSSR count). The van der Waals surface area contributed by atoms with Crippen molar-refractivity contribution in [2.24, 2.45) is 0 Å². The maximum atomic E-state index is 13.5. The molecule has 8 heteroatoms. The highest BCUT2D eigenvalue weighted by Crippen LogP contribution is 2.50. The summed E-state index contributed by atoms with van der Waals surface area (Å²) < 4.78 is 40.4. The first-order valence-corrected chi connectivity index (χ1v) is 7.45. The third-order valence-electron chi connectivity index (χ3n) is 3.25. The first-order valence-electron chi connectivity index (χ1n) is 5.82. The van der Waals surface area contributed by atoms with Gasteiger partial charge in [0.25, 0.3) is 0 Å². The second-order valence-corrected chi connectivity index (χ2v) is 6.23. The Bertz CT molecular complexity index is 633. The highest BCUT2D eigenvalue weighted by atomic mass is 35.5. The lowest BCUT2D eigenvalue weighted by atomic mass is 9.83. The number of thiazole rings is 1. The number of halogens is 5. The van der Waals surface area contributed by atoms with Crippen molar-refractivity contribution in [3.05, 3.63) is 50.4 Å². The lowest BCUT2D eigenvalue weighted by molar-refractivity contribution is -0.274. The van der Waals surface area contributed by atoms with E-state index in [-0.39, 0.29) is 10.6 Å². The summed E-state index contributed by atoms with van der Waals surface area (Å²) in [7, 11) is 0. The average Bonchev–Trinajstić information content (AvgIpc) is 2.89. The summed E-state index contributed by atoms with van der Waals surface area (Å²) in [4.78, 5) is 3.63. The van der Waals surface area contributed by atoms with Crippen molar-refractivity contribution >= 4 is 34.5 Å². The van der Waals surface area contributed by atoms with Crippen LogP contribution >= 0.6 is 34.5 Å². The maximum Gasteiger partial charge on any atom is 0.424 e. The summed E-state index contributed by atoms with van der Waals surface area (Å²) in [6, 6.07) is 4.14.